The van der Waals surface area contributed by atoms with Crippen molar-refractivity contribution >= 4 is 34.1 Å². The van der Waals surface area contributed by atoms with Gasteiger partial charge in [0.05, 0.1) is 17.4 Å². The zero-order valence-electron chi connectivity index (χ0n) is 17.3. The van der Waals surface area contributed by atoms with Crippen molar-refractivity contribution in [3.05, 3.63) is 16.0 Å². The molecular formula is C22H30N2O4S. The van der Waals surface area contributed by atoms with Gasteiger partial charge in [-0.15, -0.1) is 11.3 Å². The van der Waals surface area contributed by atoms with Crippen molar-refractivity contribution in [2.45, 2.75) is 59.3 Å². The first-order chi connectivity index (χ1) is 13.6. The number of thiophene rings is 1. The first-order valence-corrected chi connectivity index (χ1v) is 11.4. The van der Waals surface area contributed by atoms with Gasteiger partial charge in [-0.05, 0) is 67.3 Å². The maximum absolute atomic E-state index is 13.1. The molecule has 0 spiro atoms. The van der Waals surface area contributed by atoms with E-state index in [2.05, 4.69) is 26.1 Å². The maximum Gasteiger partial charge on any atom is 0.307 e. The number of primary amides is 1. The van der Waals surface area contributed by atoms with Crippen LogP contribution >= 0.6 is 11.3 Å². The van der Waals surface area contributed by atoms with Gasteiger partial charge in [-0.25, -0.2) is 0 Å². The van der Waals surface area contributed by atoms with Gasteiger partial charge in [0.25, 0.3) is 5.91 Å². The predicted molar refractivity (Wildman–Crippen MR) is 112 cm³/mol. The summed E-state index contributed by atoms with van der Waals surface area (Å²) in [6.07, 6.45) is 5.27. The van der Waals surface area contributed by atoms with Crippen molar-refractivity contribution in [2.75, 3.05) is 5.32 Å². The van der Waals surface area contributed by atoms with Crippen LogP contribution in [0.25, 0.3) is 0 Å². The van der Waals surface area contributed by atoms with Gasteiger partial charge in [-0.3, -0.25) is 14.4 Å². The minimum absolute atomic E-state index is 0.0907. The third-order valence-corrected chi connectivity index (χ3v) is 8.65. The molecule has 2 fully saturated rings. The Hall–Kier alpha value is -1.89. The van der Waals surface area contributed by atoms with Crippen LogP contribution in [0.4, 0.5) is 5.00 Å². The predicted octanol–water partition coefficient (Wildman–Crippen LogP) is 3.68. The molecule has 1 aromatic heterocycles. The Bertz CT molecular complexity index is 869. The van der Waals surface area contributed by atoms with E-state index in [1.807, 2.05) is 0 Å². The number of carboxylic acids is 1. The van der Waals surface area contributed by atoms with E-state index < -0.39 is 23.7 Å². The number of hydrogen-bond donors (Lipinski definition) is 3. The van der Waals surface area contributed by atoms with Crippen molar-refractivity contribution in [3.8, 4) is 0 Å². The normalized spacial score (nSPS) is 30.8. The highest BCUT2D eigenvalue weighted by Gasteiger charge is 2.54. The molecule has 3 aliphatic rings. The van der Waals surface area contributed by atoms with Gasteiger partial charge < -0.3 is 16.2 Å². The van der Waals surface area contributed by atoms with Gasteiger partial charge in [0, 0.05) is 4.88 Å². The molecule has 0 radical (unpaired) electrons. The Balaban J connectivity index is 1.61. The number of nitrogens with two attached hydrogens (primary N) is 1. The van der Waals surface area contributed by atoms with E-state index in [0.717, 1.165) is 49.0 Å². The summed E-state index contributed by atoms with van der Waals surface area (Å²) in [6, 6.07) is 0. The number of hydrogen-bond acceptors (Lipinski definition) is 4. The molecule has 4 rings (SSSR count). The first-order valence-electron chi connectivity index (χ1n) is 10.6. The minimum atomic E-state index is -0.883. The van der Waals surface area contributed by atoms with E-state index in [0.29, 0.717) is 16.5 Å². The van der Waals surface area contributed by atoms with Crippen molar-refractivity contribution in [1.29, 1.82) is 0 Å². The lowest BCUT2D eigenvalue weighted by Gasteiger charge is -2.33. The highest BCUT2D eigenvalue weighted by atomic mass is 32.1. The van der Waals surface area contributed by atoms with Crippen LogP contribution in [-0.2, 0) is 22.4 Å². The molecule has 7 heteroatoms. The molecular weight excluding hydrogens is 388 g/mol. The second-order valence-electron chi connectivity index (χ2n) is 10.1. The molecule has 2 saturated carbocycles. The number of carboxylic acid groups (broad SMARTS) is 1. The number of amides is 2. The standard InChI is InChI=1S/C22H30N2O4S/c1-22(2,3)12-6-7-13-14(9-12)29-20(17(13)18(23)25)24-19(26)15-10-4-5-11(8-10)16(15)21(27)28/h10-12,15-16H,4-9H2,1-3H3,(H2,23,25)(H,24,26)(H,27,28)/t10-,11+,12-,15-,16+/m1/s1. The Labute approximate surface area is 175 Å². The number of fused-ring (bicyclic) bond motifs is 3. The monoisotopic (exact) mass is 418 g/mol. The van der Waals surface area contributed by atoms with E-state index in [9.17, 15) is 19.5 Å². The fourth-order valence-electron chi connectivity index (χ4n) is 5.89. The molecule has 0 aromatic carbocycles. The summed E-state index contributed by atoms with van der Waals surface area (Å²) in [6.45, 7) is 6.69. The number of carbonyl (C=O) groups is 3. The summed E-state index contributed by atoms with van der Waals surface area (Å²) < 4.78 is 0. The molecule has 6 nitrogen and oxygen atoms in total. The molecule has 5 atom stereocenters. The molecule has 2 amide bonds. The van der Waals surface area contributed by atoms with Gasteiger partial charge in [0.2, 0.25) is 5.91 Å². The van der Waals surface area contributed by atoms with Crippen molar-refractivity contribution in [1.82, 2.24) is 0 Å². The van der Waals surface area contributed by atoms with E-state index in [4.69, 9.17) is 5.73 Å². The van der Waals surface area contributed by atoms with Gasteiger partial charge in [-0.1, -0.05) is 20.8 Å². The zero-order valence-corrected chi connectivity index (χ0v) is 18.1. The van der Waals surface area contributed by atoms with Gasteiger partial charge >= 0.3 is 5.97 Å². The van der Waals surface area contributed by atoms with E-state index >= 15 is 0 Å². The molecule has 1 heterocycles. The lowest BCUT2D eigenvalue weighted by atomic mass is 9.72. The summed E-state index contributed by atoms with van der Waals surface area (Å²) in [5.74, 6) is -2.08. The molecule has 0 saturated heterocycles. The van der Waals surface area contributed by atoms with Crippen LogP contribution in [0.2, 0.25) is 0 Å². The quantitative estimate of drug-likeness (QED) is 0.693. The van der Waals surface area contributed by atoms with Crippen LogP contribution in [0.15, 0.2) is 0 Å². The molecule has 4 N–H and O–H groups in total. The molecule has 1 aromatic rings. The topological polar surface area (TPSA) is 109 Å². The van der Waals surface area contributed by atoms with E-state index in [-0.39, 0.29) is 23.2 Å². The number of anilines is 1. The average molecular weight is 419 g/mol. The number of nitrogens with one attached hydrogen (secondary N) is 1. The van der Waals surface area contributed by atoms with Gasteiger partial charge in [0.15, 0.2) is 0 Å². The van der Waals surface area contributed by atoms with Crippen LogP contribution in [0.5, 0.6) is 0 Å². The van der Waals surface area contributed by atoms with Gasteiger partial charge in [0.1, 0.15) is 5.00 Å². The molecule has 158 valence electrons. The minimum Gasteiger partial charge on any atom is -0.481 e. The van der Waals surface area contributed by atoms with E-state index in [1.165, 1.54) is 11.3 Å². The van der Waals surface area contributed by atoms with Crippen LogP contribution in [0, 0.1) is 35.0 Å². The van der Waals surface area contributed by atoms with Gasteiger partial charge in [-0.2, -0.15) is 0 Å². The summed E-state index contributed by atoms with van der Waals surface area (Å²) in [4.78, 5) is 38.2. The fraction of sp³-hybridized carbons (Fsp3) is 0.682. The van der Waals surface area contributed by atoms with Crippen LogP contribution < -0.4 is 11.1 Å². The molecule has 29 heavy (non-hydrogen) atoms. The smallest absolute Gasteiger partial charge is 0.307 e. The maximum atomic E-state index is 13.1. The third kappa shape index (κ3) is 3.47. The van der Waals surface area contributed by atoms with Crippen LogP contribution in [0.1, 0.15) is 67.3 Å². The van der Waals surface area contributed by atoms with Crippen LogP contribution in [0.3, 0.4) is 0 Å². The first kappa shape index (κ1) is 20.4. The lowest BCUT2D eigenvalue weighted by molar-refractivity contribution is -0.148. The van der Waals surface area contributed by atoms with E-state index in [1.54, 1.807) is 0 Å². The number of carbonyl (C=O) groups excluding carboxylic acids is 2. The largest absolute Gasteiger partial charge is 0.481 e. The van der Waals surface area contributed by atoms with Crippen molar-refractivity contribution in [3.63, 3.8) is 0 Å². The third-order valence-electron chi connectivity index (χ3n) is 7.48. The molecule has 0 aliphatic heterocycles. The Kier molecular flexibility index (Phi) is 5.00. The molecule has 0 unspecified atom stereocenters. The summed E-state index contributed by atoms with van der Waals surface area (Å²) in [5.41, 5.74) is 7.27. The lowest BCUT2D eigenvalue weighted by Crippen LogP contribution is -2.38. The highest BCUT2D eigenvalue weighted by molar-refractivity contribution is 7.17. The highest BCUT2D eigenvalue weighted by Crippen LogP contribution is 2.53. The Morgan fingerprint density at radius 1 is 1.10 bits per heavy atom. The fourth-order valence-corrected chi connectivity index (χ4v) is 7.23. The second-order valence-corrected chi connectivity index (χ2v) is 11.2. The second kappa shape index (κ2) is 7.11. The number of rotatable bonds is 4. The summed E-state index contributed by atoms with van der Waals surface area (Å²) in [7, 11) is 0. The SMILES string of the molecule is CC(C)(C)[C@@H]1CCc2c(sc(NC(=O)[C@@H]3[C@@H]4CC[C@@H](C4)[C@@H]3C(=O)O)c2C(N)=O)C1. The Morgan fingerprint density at radius 3 is 2.34 bits per heavy atom. The van der Waals surface area contributed by atoms with Crippen molar-refractivity contribution in [2.24, 2.45) is 40.7 Å². The average Bonchev–Trinajstić information content (AvgIpc) is 3.31. The summed E-state index contributed by atoms with van der Waals surface area (Å²) in [5, 5.41) is 13.1. The summed E-state index contributed by atoms with van der Waals surface area (Å²) >= 11 is 1.45. The zero-order chi connectivity index (χ0) is 21.1. The molecule has 2 bridgehead atoms. The number of aliphatic carboxylic acids is 1. The van der Waals surface area contributed by atoms with Crippen molar-refractivity contribution < 1.29 is 19.5 Å². The molecule has 3 aliphatic carbocycles. The Morgan fingerprint density at radius 2 is 1.76 bits per heavy atom. The van der Waals surface area contributed by atoms with Crippen LogP contribution in [-0.4, -0.2) is 22.9 Å².